The highest BCUT2D eigenvalue weighted by atomic mass is 32.2. The van der Waals surface area contributed by atoms with Gasteiger partial charge in [0.2, 0.25) is 5.60 Å². The number of phenols is 2. The molecule has 0 bridgehead atoms. The zero-order valence-electron chi connectivity index (χ0n) is 23.1. The SMILES string of the molecule is CC1=C(C[n+]2ccc3cc(O)c(O)cc3c2)[C@@H](C)S[C@@H]2[C@H](NC(=O)/C(=N\OC(C)(C)C(=O)O)c3csc(N)n3)C(=O)N12. The summed E-state index contributed by atoms with van der Waals surface area (Å²) in [5.74, 6) is -2.72. The largest absolute Gasteiger partial charge is 0.504 e. The number of aliphatic carboxylic acids is 1. The molecule has 0 spiro atoms. The van der Waals surface area contributed by atoms with Crippen LogP contribution < -0.4 is 15.6 Å². The maximum atomic E-state index is 13.3. The minimum absolute atomic E-state index is 0.00125. The van der Waals surface area contributed by atoms with Crippen LogP contribution in [0.2, 0.25) is 0 Å². The number of amides is 2. The topological polar surface area (TPSA) is 192 Å². The second-order valence-corrected chi connectivity index (χ2v) is 12.8. The molecule has 220 valence electrons. The number of hydrogen-bond donors (Lipinski definition) is 5. The molecule has 4 heterocycles. The highest BCUT2D eigenvalue weighted by Crippen LogP contribution is 2.44. The molecule has 0 unspecified atom stereocenters. The number of aromatic hydroxyl groups is 2. The highest BCUT2D eigenvalue weighted by molar-refractivity contribution is 8.00. The van der Waals surface area contributed by atoms with E-state index < -0.39 is 23.5 Å². The van der Waals surface area contributed by atoms with Crippen LogP contribution in [-0.4, -0.2) is 71.0 Å². The molecule has 5 rings (SSSR count). The number of nitrogen functional groups attached to an aromatic ring is 1. The maximum absolute atomic E-state index is 13.3. The molecule has 13 nitrogen and oxygen atoms in total. The Balaban J connectivity index is 1.35. The average molecular weight is 614 g/mol. The van der Waals surface area contributed by atoms with Crippen LogP contribution >= 0.6 is 23.1 Å². The smallest absolute Gasteiger partial charge is 0.350 e. The summed E-state index contributed by atoms with van der Waals surface area (Å²) in [7, 11) is 0. The summed E-state index contributed by atoms with van der Waals surface area (Å²) < 4.78 is 1.94. The number of carboxylic acid groups (broad SMARTS) is 1. The summed E-state index contributed by atoms with van der Waals surface area (Å²) in [5.41, 5.74) is 5.62. The molecule has 0 saturated carbocycles. The molecule has 3 atom stereocenters. The first-order chi connectivity index (χ1) is 19.8. The van der Waals surface area contributed by atoms with E-state index >= 15 is 0 Å². The molecule has 2 aromatic heterocycles. The first-order valence-electron chi connectivity index (χ1n) is 12.8. The Labute approximate surface area is 248 Å². The van der Waals surface area contributed by atoms with Gasteiger partial charge in [-0.15, -0.1) is 23.1 Å². The van der Waals surface area contributed by atoms with Gasteiger partial charge in [-0.3, -0.25) is 14.5 Å². The van der Waals surface area contributed by atoms with E-state index in [4.69, 9.17) is 10.6 Å². The van der Waals surface area contributed by atoms with E-state index in [0.29, 0.717) is 6.54 Å². The van der Waals surface area contributed by atoms with E-state index in [-0.39, 0.29) is 44.6 Å². The molecule has 2 amide bonds. The lowest BCUT2D eigenvalue weighted by Crippen LogP contribution is -2.70. The van der Waals surface area contributed by atoms with Crippen LogP contribution in [0, 0.1) is 0 Å². The lowest BCUT2D eigenvalue weighted by molar-refractivity contribution is -0.688. The van der Waals surface area contributed by atoms with Crippen molar-refractivity contribution in [2.24, 2.45) is 5.16 Å². The van der Waals surface area contributed by atoms with Crippen molar-refractivity contribution in [1.29, 1.82) is 0 Å². The number of allylic oxidation sites excluding steroid dienone is 1. The fraction of sp³-hybridized carbons (Fsp3) is 0.333. The molecule has 6 N–H and O–H groups in total. The molecular weight excluding hydrogens is 584 g/mol. The molecule has 15 heteroatoms. The van der Waals surface area contributed by atoms with Crippen LogP contribution in [0.25, 0.3) is 10.8 Å². The van der Waals surface area contributed by atoms with Crippen molar-refractivity contribution < 1.29 is 39.1 Å². The number of carboxylic acids is 1. The summed E-state index contributed by atoms with van der Waals surface area (Å²) in [6.45, 7) is 6.96. The van der Waals surface area contributed by atoms with Gasteiger partial charge in [-0.2, -0.15) is 0 Å². The number of nitrogens with one attached hydrogen (secondary N) is 1. The van der Waals surface area contributed by atoms with E-state index in [0.717, 1.165) is 33.4 Å². The van der Waals surface area contributed by atoms with Crippen LogP contribution in [0.15, 0.2) is 52.4 Å². The Morgan fingerprint density at radius 3 is 2.60 bits per heavy atom. The Hall–Kier alpha value is -4.37. The number of rotatable bonds is 8. The number of nitrogens with zero attached hydrogens (tertiary/aromatic N) is 4. The number of aromatic nitrogens is 2. The van der Waals surface area contributed by atoms with Gasteiger partial charge in [0.1, 0.15) is 17.1 Å². The van der Waals surface area contributed by atoms with Crippen LogP contribution in [-0.2, 0) is 25.8 Å². The summed E-state index contributed by atoms with van der Waals surface area (Å²) in [6.07, 6.45) is 3.72. The summed E-state index contributed by atoms with van der Waals surface area (Å²) in [5, 5.41) is 38.4. The van der Waals surface area contributed by atoms with Gasteiger partial charge in [-0.1, -0.05) is 5.16 Å². The second-order valence-electron chi connectivity index (χ2n) is 10.4. The number of carbonyl (C=O) groups excluding carboxylic acids is 2. The molecule has 1 aromatic carbocycles. The average Bonchev–Trinajstić information content (AvgIpc) is 3.35. The van der Waals surface area contributed by atoms with Gasteiger partial charge in [-0.25, -0.2) is 14.3 Å². The fourth-order valence-electron chi connectivity index (χ4n) is 4.64. The van der Waals surface area contributed by atoms with E-state index in [1.54, 1.807) is 4.90 Å². The quantitative estimate of drug-likeness (QED) is 0.0824. The van der Waals surface area contributed by atoms with Gasteiger partial charge in [0.15, 0.2) is 41.3 Å². The Bertz CT molecular complexity index is 1680. The van der Waals surface area contributed by atoms with Gasteiger partial charge in [-0.05, 0) is 45.2 Å². The zero-order chi connectivity index (χ0) is 30.5. The number of thiazole rings is 1. The molecular formula is C27H29N6O7S2+. The first-order valence-corrected chi connectivity index (χ1v) is 14.6. The van der Waals surface area contributed by atoms with Gasteiger partial charge in [0.05, 0.1) is 0 Å². The van der Waals surface area contributed by atoms with E-state index in [1.807, 2.05) is 36.9 Å². The van der Waals surface area contributed by atoms with Crippen molar-refractivity contribution in [3.8, 4) is 11.5 Å². The zero-order valence-corrected chi connectivity index (χ0v) is 24.7. The Morgan fingerprint density at radius 2 is 1.95 bits per heavy atom. The van der Waals surface area contributed by atoms with Gasteiger partial charge < -0.3 is 31.2 Å². The Morgan fingerprint density at radius 1 is 1.26 bits per heavy atom. The predicted octanol–water partition coefficient (Wildman–Crippen LogP) is 1.92. The minimum atomic E-state index is -1.71. The lowest BCUT2D eigenvalue weighted by atomic mass is 10.0. The second kappa shape index (κ2) is 10.8. The van der Waals surface area contributed by atoms with Gasteiger partial charge in [0.25, 0.3) is 11.8 Å². The molecule has 0 radical (unpaired) electrons. The van der Waals surface area contributed by atoms with Crippen molar-refractivity contribution in [2.75, 3.05) is 5.73 Å². The number of thioether (sulfide) groups is 1. The first kappa shape index (κ1) is 29.1. The third-order valence-electron chi connectivity index (χ3n) is 7.13. The number of pyridine rings is 1. The summed E-state index contributed by atoms with van der Waals surface area (Å²) in [6, 6.07) is 3.98. The number of anilines is 1. The third-order valence-corrected chi connectivity index (χ3v) is 9.26. The van der Waals surface area contributed by atoms with Crippen molar-refractivity contribution in [2.45, 2.75) is 56.5 Å². The standard InChI is InChI=1S/C27H28N6O7S2/c1-12-16(10-32-6-5-14-7-18(34)19(35)8-15(14)9-32)13(2)42-24-21(23(37)33(12)24)30-22(36)20(17-11-41-26(28)29-17)31-40-27(3,4)25(38)39/h5-9,11,13,21,24H,10H2,1-4H3,(H5,28,29,30,35,36,38,39)/p+1/b31-20-/t13-,21-,24-/m1/s1. The lowest BCUT2D eigenvalue weighted by Gasteiger charge is -2.51. The molecule has 1 saturated heterocycles. The van der Waals surface area contributed by atoms with Gasteiger partial charge in [0, 0.05) is 33.4 Å². The van der Waals surface area contributed by atoms with Crippen molar-refractivity contribution in [1.82, 2.24) is 15.2 Å². The normalized spacial score (nSPS) is 20.8. The maximum Gasteiger partial charge on any atom is 0.350 e. The highest BCUT2D eigenvalue weighted by Gasteiger charge is 2.53. The van der Waals surface area contributed by atoms with E-state index in [1.165, 1.54) is 43.1 Å². The molecule has 3 aromatic rings. The number of phenolic OH excluding ortho intramolecular Hbond substituents is 2. The van der Waals surface area contributed by atoms with Gasteiger partial charge >= 0.3 is 5.97 Å². The molecule has 1 fully saturated rings. The number of oxime groups is 1. The number of fused-ring (bicyclic) bond motifs is 2. The van der Waals surface area contributed by atoms with Crippen LogP contribution in [0.3, 0.4) is 0 Å². The van der Waals surface area contributed by atoms with E-state index in [9.17, 15) is 29.7 Å². The summed E-state index contributed by atoms with van der Waals surface area (Å²) in [4.78, 5) is 48.9. The summed E-state index contributed by atoms with van der Waals surface area (Å²) >= 11 is 2.60. The van der Waals surface area contributed by atoms with Crippen molar-refractivity contribution >= 4 is 62.5 Å². The van der Waals surface area contributed by atoms with Crippen LogP contribution in [0.1, 0.15) is 33.4 Å². The van der Waals surface area contributed by atoms with Crippen LogP contribution in [0.4, 0.5) is 5.13 Å². The number of hydrogen-bond acceptors (Lipinski definition) is 11. The molecule has 2 aliphatic rings. The van der Waals surface area contributed by atoms with E-state index in [2.05, 4.69) is 15.5 Å². The minimum Gasteiger partial charge on any atom is -0.504 e. The molecule has 2 aliphatic heterocycles. The number of nitrogens with two attached hydrogens (primary N) is 1. The molecule has 0 aliphatic carbocycles. The number of β-lactam (4-membered cyclic amide) rings is 1. The Kier molecular flexibility index (Phi) is 7.49. The van der Waals surface area contributed by atoms with Crippen molar-refractivity contribution in [3.05, 3.63) is 52.9 Å². The third kappa shape index (κ3) is 5.32. The fourth-order valence-corrected chi connectivity index (χ4v) is 6.74. The molecule has 42 heavy (non-hydrogen) atoms. The predicted molar refractivity (Wildman–Crippen MR) is 156 cm³/mol. The van der Waals surface area contributed by atoms with Crippen molar-refractivity contribution in [3.63, 3.8) is 0 Å². The van der Waals surface area contributed by atoms with Crippen LogP contribution in [0.5, 0.6) is 11.5 Å². The number of carbonyl (C=O) groups is 3. The monoisotopic (exact) mass is 613 g/mol. The number of benzene rings is 1.